The van der Waals surface area contributed by atoms with Gasteiger partial charge in [0.25, 0.3) is 0 Å². The van der Waals surface area contributed by atoms with Gasteiger partial charge < -0.3 is 0 Å². The second kappa shape index (κ2) is 6.33. The highest BCUT2D eigenvalue weighted by atomic mass is 28.3. The van der Waals surface area contributed by atoms with Crippen molar-refractivity contribution < 1.29 is 8.50 Å². The number of pyridine rings is 1. The molecule has 0 fully saturated rings. The molecule has 1 aromatic heterocycles. The van der Waals surface area contributed by atoms with Crippen molar-refractivity contribution in [3.8, 4) is 22.4 Å². The lowest BCUT2D eigenvalue weighted by Gasteiger charge is -2.20. The summed E-state index contributed by atoms with van der Waals surface area (Å²) in [4.78, 5) is 4.39. The maximum atomic E-state index is 14.4. The van der Waals surface area contributed by atoms with Gasteiger partial charge in [0, 0.05) is 21.4 Å². The van der Waals surface area contributed by atoms with Gasteiger partial charge in [-0.3, -0.25) is 4.98 Å². The van der Waals surface area contributed by atoms with E-state index >= 15 is 0 Å². The zero-order chi connectivity index (χ0) is 19.8. The minimum Gasteiger partial charge on any atom is -0.256 e. The molecule has 0 bridgehead atoms. The zero-order valence-corrected chi connectivity index (χ0v) is 15.1. The quantitative estimate of drug-likeness (QED) is 0.582. The number of hydrogen-bond acceptors (Lipinski definition) is 1. The number of halogens is 1. The molecule has 0 N–H and O–H groups in total. The fraction of sp³-hybridized carbons (Fsp3) is 0.190. The Hall–Kier alpha value is -2.26. The Bertz CT molecular complexity index is 963. The number of rotatable bonds is 3. The van der Waals surface area contributed by atoms with E-state index in [0.29, 0.717) is 16.8 Å². The summed E-state index contributed by atoms with van der Waals surface area (Å²) >= 11 is 0. The van der Waals surface area contributed by atoms with Gasteiger partial charge in [0.15, 0.2) is 0 Å². The average Bonchev–Trinajstić information content (AvgIpc) is 2.61. The van der Waals surface area contributed by atoms with Crippen LogP contribution in [-0.4, -0.2) is 13.1 Å². The minimum atomic E-state index is -2.20. The van der Waals surface area contributed by atoms with Crippen LogP contribution in [0.25, 0.3) is 22.4 Å². The van der Waals surface area contributed by atoms with Gasteiger partial charge in [-0.05, 0) is 42.2 Å². The first-order chi connectivity index (χ1) is 12.6. The Balaban J connectivity index is 2.15. The first-order valence-corrected chi connectivity index (χ1v) is 11.4. The monoisotopic (exact) mass is 338 g/mol. The molecule has 2 aromatic carbocycles. The van der Waals surface area contributed by atoms with Gasteiger partial charge in [0.1, 0.15) is 5.82 Å². The van der Waals surface area contributed by atoms with Crippen molar-refractivity contribution in [2.75, 3.05) is 0 Å². The minimum absolute atomic E-state index is 0.297. The summed E-state index contributed by atoms with van der Waals surface area (Å²) in [7, 11) is -1.91. The molecule has 0 aliphatic carbocycles. The highest BCUT2D eigenvalue weighted by molar-refractivity contribution is 6.89. The molecule has 1 nitrogen and oxygen atoms in total. The van der Waals surface area contributed by atoms with Gasteiger partial charge in [-0.2, -0.15) is 0 Å². The summed E-state index contributed by atoms with van der Waals surface area (Å²) < 4.78 is 37.8. The lowest BCUT2D eigenvalue weighted by Crippen LogP contribution is -2.39. The lowest BCUT2D eigenvalue weighted by atomic mass is 10.0. The van der Waals surface area contributed by atoms with E-state index < -0.39 is 14.9 Å². The fourth-order valence-corrected chi connectivity index (χ4v) is 4.20. The van der Waals surface area contributed by atoms with Crippen molar-refractivity contribution in [1.82, 2.24) is 4.98 Å². The molecule has 0 amide bonds. The highest BCUT2D eigenvalue weighted by Gasteiger charge is 2.20. The third-order valence-electron chi connectivity index (χ3n) is 4.06. The van der Waals surface area contributed by atoms with E-state index in [0.717, 1.165) is 16.3 Å². The normalized spacial score (nSPS) is 13.9. The molecule has 122 valence electrons. The molecule has 3 rings (SSSR count). The van der Waals surface area contributed by atoms with E-state index in [2.05, 4.69) is 24.6 Å². The standard InChI is InChI=1S/C21H22FNSi/c1-15-14-23-20(13-21(15)24(2,3)4)17-10-11-19(22)18(12-17)16-8-6-5-7-9-16/h5-14H,1-4H3/i1D3. The third-order valence-corrected chi connectivity index (χ3v) is 6.09. The molecule has 3 heteroatoms. The molecule has 0 saturated heterocycles. The van der Waals surface area contributed by atoms with E-state index in [1.165, 1.54) is 12.3 Å². The first-order valence-electron chi connectivity index (χ1n) is 9.44. The Morgan fingerprint density at radius 1 is 0.958 bits per heavy atom. The van der Waals surface area contributed by atoms with Crippen molar-refractivity contribution in [3.05, 3.63) is 72.2 Å². The summed E-state index contributed by atoms with van der Waals surface area (Å²) in [5.74, 6) is -0.297. The van der Waals surface area contributed by atoms with Gasteiger partial charge in [0.05, 0.1) is 13.8 Å². The molecule has 0 radical (unpaired) electrons. The van der Waals surface area contributed by atoms with Gasteiger partial charge >= 0.3 is 0 Å². The fourth-order valence-electron chi connectivity index (χ4n) is 2.76. The predicted molar refractivity (Wildman–Crippen MR) is 103 cm³/mol. The summed E-state index contributed by atoms with van der Waals surface area (Å²) in [6, 6.07) is 16.1. The summed E-state index contributed by atoms with van der Waals surface area (Å²) in [5.41, 5.74) is 3.05. The second-order valence-corrected chi connectivity index (χ2v) is 12.0. The molecular weight excluding hydrogens is 313 g/mol. The van der Waals surface area contributed by atoms with Crippen LogP contribution in [0.1, 0.15) is 9.68 Å². The van der Waals surface area contributed by atoms with Crippen molar-refractivity contribution in [3.63, 3.8) is 0 Å². The number of hydrogen-bond donors (Lipinski definition) is 0. The third kappa shape index (κ3) is 3.31. The molecular formula is C21H22FNSi. The Kier molecular flexibility index (Phi) is 3.45. The second-order valence-electron chi connectivity index (χ2n) is 6.93. The van der Waals surface area contributed by atoms with Crippen molar-refractivity contribution >= 4 is 13.3 Å². The van der Waals surface area contributed by atoms with E-state index in [4.69, 9.17) is 4.11 Å². The van der Waals surface area contributed by atoms with Crippen LogP contribution >= 0.6 is 0 Å². The molecule has 3 aromatic rings. The first kappa shape index (κ1) is 13.1. The highest BCUT2D eigenvalue weighted by Crippen LogP contribution is 2.28. The van der Waals surface area contributed by atoms with Gasteiger partial charge in [0.2, 0.25) is 0 Å². The van der Waals surface area contributed by atoms with E-state index in [1.54, 1.807) is 12.1 Å². The van der Waals surface area contributed by atoms with E-state index in [9.17, 15) is 4.39 Å². The zero-order valence-electron chi connectivity index (χ0n) is 17.1. The Labute approximate surface area is 148 Å². The average molecular weight is 339 g/mol. The largest absolute Gasteiger partial charge is 0.256 e. The van der Waals surface area contributed by atoms with Crippen molar-refractivity contribution in [2.45, 2.75) is 26.5 Å². The molecule has 1 heterocycles. The Morgan fingerprint density at radius 3 is 2.38 bits per heavy atom. The number of nitrogens with zero attached hydrogens (tertiary/aromatic N) is 1. The van der Waals surface area contributed by atoms with Gasteiger partial charge in [-0.15, -0.1) is 0 Å². The van der Waals surface area contributed by atoms with Crippen molar-refractivity contribution in [2.24, 2.45) is 0 Å². The molecule has 24 heavy (non-hydrogen) atoms. The van der Waals surface area contributed by atoms with Crippen LogP contribution in [0.4, 0.5) is 4.39 Å². The topological polar surface area (TPSA) is 12.9 Å². The Morgan fingerprint density at radius 2 is 1.71 bits per heavy atom. The molecule has 0 aliphatic rings. The maximum absolute atomic E-state index is 14.4. The van der Waals surface area contributed by atoms with Crippen LogP contribution < -0.4 is 5.19 Å². The predicted octanol–water partition coefficient (Wildman–Crippen LogP) is 5.41. The van der Waals surface area contributed by atoms with Gasteiger partial charge in [-0.1, -0.05) is 55.2 Å². The molecule has 0 spiro atoms. The summed E-state index contributed by atoms with van der Waals surface area (Å²) in [6.45, 7) is 4.14. The molecule has 0 atom stereocenters. The lowest BCUT2D eigenvalue weighted by molar-refractivity contribution is 0.631. The van der Waals surface area contributed by atoms with Crippen LogP contribution in [0.3, 0.4) is 0 Å². The smallest absolute Gasteiger partial charge is 0.131 e. The van der Waals surface area contributed by atoms with Crippen LogP contribution in [0.2, 0.25) is 19.6 Å². The number of aryl methyl sites for hydroxylation is 1. The van der Waals surface area contributed by atoms with Crippen LogP contribution in [-0.2, 0) is 0 Å². The van der Waals surface area contributed by atoms with Crippen molar-refractivity contribution in [1.29, 1.82) is 0 Å². The van der Waals surface area contributed by atoms with E-state index in [1.807, 2.05) is 36.4 Å². The van der Waals surface area contributed by atoms with Crippen LogP contribution in [0.15, 0.2) is 60.8 Å². The summed E-state index contributed by atoms with van der Waals surface area (Å²) in [6.07, 6.45) is 1.46. The molecule has 0 unspecified atom stereocenters. The van der Waals surface area contributed by atoms with E-state index in [-0.39, 0.29) is 5.82 Å². The molecule has 0 saturated carbocycles. The SMILES string of the molecule is [2H]C([2H])([2H])c1cnc(-c2ccc(F)c(-c3ccccc3)c2)cc1[Si](C)(C)C. The number of benzene rings is 2. The number of aromatic nitrogens is 1. The van der Waals surface area contributed by atoms with Crippen LogP contribution in [0.5, 0.6) is 0 Å². The van der Waals surface area contributed by atoms with Gasteiger partial charge in [-0.25, -0.2) is 4.39 Å². The maximum Gasteiger partial charge on any atom is 0.131 e. The van der Waals surface area contributed by atoms with Crippen LogP contribution in [0, 0.1) is 12.7 Å². The molecule has 0 aliphatic heterocycles. The summed E-state index contributed by atoms with van der Waals surface area (Å²) in [5, 5.41) is 0.859.